The van der Waals surface area contributed by atoms with E-state index in [4.69, 9.17) is 0 Å². The van der Waals surface area contributed by atoms with Crippen molar-refractivity contribution >= 4 is 6.08 Å². The molecule has 22 heavy (non-hydrogen) atoms. The molecule has 0 aliphatic carbocycles. The zero-order valence-corrected chi connectivity index (χ0v) is 15.0. The number of hydrogen-bond acceptors (Lipinski definition) is 0. The molecule has 0 aliphatic heterocycles. The van der Waals surface area contributed by atoms with E-state index < -0.39 is 0 Å². The fourth-order valence-corrected chi connectivity index (χ4v) is 2.06. The molecule has 0 N–H and O–H groups in total. The molecule has 0 atom stereocenters. The molecule has 0 spiro atoms. The Morgan fingerprint density at radius 2 is 1.05 bits per heavy atom. The SMILES string of the molecule is C=Cc1ccc(C(C)(C)C)cc1.CC(C)(C)c1ccccc1. The van der Waals surface area contributed by atoms with E-state index in [2.05, 4.69) is 103 Å². The van der Waals surface area contributed by atoms with E-state index >= 15 is 0 Å². The molecule has 2 aromatic carbocycles. The van der Waals surface area contributed by atoms with Gasteiger partial charge in [0, 0.05) is 0 Å². The van der Waals surface area contributed by atoms with Crippen molar-refractivity contribution in [3.05, 3.63) is 77.9 Å². The summed E-state index contributed by atoms with van der Waals surface area (Å²) in [5, 5.41) is 0. The maximum absolute atomic E-state index is 3.72. The molecule has 0 aliphatic rings. The first-order valence-electron chi connectivity index (χ1n) is 7.93. The largest absolute Gasteiger partial charge is 0.0985 e. The molecule has 118 valence electrons. The highest BCUT2D eigenvalue weighted by molar-refractivity contribution is 5.47. The Morgan fingerprint density at radius 1 is 0.636 bits per heavy atom. The summed E-state index contributed by atoms with van der Waals surface area (Å²) in [6.07, 6.45) is 1.87. The van der Waals surface area contributed by atoms with Crippen LogP contribution in [0, 0.1) is 0 Å². The van der Waals surface area contributed by atoms with Crippen molar-refractivity contribution in [2.24, 2.45) is 0 Å². The first-order valence-corrected chi connectivity index (χ1v) is 7.93. The van der Waals surface area contributed by atoms with Gasteiger partial charge in [-0.1, -0.05) is 109 Å². The monoisotopic (exact) mass is 294 g/mol. The fraction of sp³-hybridized carbons (Fsp3) is 0.364. The minimum absolute atomic E-state index is 0.250. The van der Waals surface area contributed by atoms with Gasteiger partial charge in [0.15, 0.2) is 0 Å². The van der Waals surface area contributed by atoms with Gasteiger partial charge < -0.3 is 0 Å². The van der Waals surface area contributed by atoms with Crippen LogP contribution in [0.25, 0.3) is 6.08 Å². The molecule has 0 heteroatoms. The average Bonchev–Trinajstić information content (AvgIpc) is 2.47. The molecule has 0 aromatic heterocycles. The first-order chi connectivity index (χ1) is 10.1. The second-order valence-corrected chi connectivity index (χ2v) is 7.69. The summed E-state index contributed by atoms with van der Waals surface area (Å²) in [4.78, 5) is 0. The Balaban J connectivity index is 0.000000224. The minimum Gasteiger partial charge on any atom is -0.0985 e. The predicted octanol–water partition coefficient (Wildman–Crippen LogP) is 6.61. The Labute approximate surface area is 136 Å². The van der Waals surface area contributed by atoms with Crippen LogP contribution in [0.2, 0.25) is 0 Å². The molecule has 2 aromatic rings. The lowest BCUT2D eigenvalue weighted by Crippen LogP contribution is -2.10. The van der Waals surface area contributed by atoms with Crippen molar-refractivity contribution in [2.75, 3.05) is 0 Å². The maximum Gasteiger partial charge on any atom is -0.0132 e. The Morgan fingerprint density at radius 3 is 1.36 bits per heavy atom. The van der Waals surface area contributed by atoms with Gasteiger partial charge >= 0.3 is 0 Å². The topological polar surface area (TPSA) is 0 Å². The van der Waals surface area contributed by atoms with E-state index in [0.717, 1.165) is 0 Å². The highest BCUT2D eigenvalue weighted by Crippen LogP contribution is 2.22. The summed E-state index contributed by atoms with van der Waals surface area (Å²) in [5.41, 5.74) is 4.49. The summed E-state index contributed by atoms with van der Waals surface area (Å²) < 4.78 is 0. The zero-order valence-electron chi connectivity index (χ0n) is 15.0. The van der Waals surface area contributed by atoms with Gasteiger partial charge in [0.1, 0.15) is 0 Å². The molecule has 2 rings (SSSR count). The van der Waals surface area contributed by atoms with E-state index in [9.17, 15) is 0 Å². The third-order valence-corrected chi connectivity index (χ3v) is 3.65. The first kappa shape index (κ1) is 18.2. The summed E-state index contributed by atoms with van der Waals surface area (Å²) in [6, 6.07) is 19.1. The van der Waals surface area contributed by atoms with Crippen molar-refractivity contribution in [1.82, 2.24) is 0 Å². The Bertz CT molecular complexity index is 560. The zero-order chi connectivity index (χ0) is 16.8. The quantitative estimate of drug-likeness (QED) is 0.555. The van der Waals surface area contributed by atoms with Gasteiger partial charge in [0.05, 0.1) is 0 Å². The third kappa shape index (κ3) is 5.89. The fourth-order valence-electron chi connectivity index (χ4n) is 2.06. The second-order valence-electron chi connectivity index (χ2n) is 7.69. The van der Waals surface area contributed by atoms with Crippen LogP contribution in [-0.4, -0.2) is 0 Å². The van der Waals surface area contributed by atoms with E-state index in [1.807, 2.05) is 6.08 Å². The molecular weight excluding hydrogens is 264 g/mol. The van der Waals surface area contributed by atoms with Crippen LogP contribution < -0.4 is 0 Å². The minimum atomic E-state index is 0.250. The lowest BCUT2D eigenvalue weighted by atomic mass is 9.87. The molecule has 0 amide bonds. The molecular formula is C22H30. The highest BCUT2D eigenvalue weighted by atomic mass is 14.2. The van der Waals surface area contributed by atoms with Gasteiger partial charge in [0.25, 0.3) is 0 Å². The van der Waals surface area contributed by atoms with Crippen molar-refractivity contribution in [2.45, 2.75) is 52.4 Å². The number of rotatable bonds is 1. The molecule has 0 bridgehead atoms. The summed E-state index contributed by atoms with van der Waals surface area (Å²) >= 11 is 0. The summed E-state index contributed by atoms with van der Waals surface area (Å²) in [7, 11) is 0. The summed E-state index contributed by atoms with van der Waals surface area (Å²) in [6.45, 7) is 17.1. The van der Waals surface area contributed by atoms with Crippen LogP contribution >= 0.6 is 0 Å². The van der Waals surface area contributed by atoms with Gasteiger partial charge in [-0.25, -0.2) is 0 Å². The summed E-state index contributed by atoms with van der Waals surface area (Å²) in [5.74, 6) is 0. The molecule has 0 unspecified atom stereocenters. The molecule has 0 saturated carbocycles. The molecule has 0 nitrogen and oxygen atoms in total. The van der Waals surface area contributed by atoms with E-state index in [-0.39, 0.29) is 5.41 Å². The van der Waals surface area contributed by atoms with Crippen molar-refractivity contribution < 1.29 is 0 Å². The van der Waals surface area contributed by atoms with Crippen LogP contribution in [0.5, 0.6) is 0 Å². The normalized spacial score (nSPS) is 11.4. The number of benzene rings is 2. The van der Waals surface area contributed by atoms with Crippen LogP contribution in [-0.2, 0) is 10.8 Å². The van der Waals surface area contributed by atoms with Crippen molar-refractivity contribution in [1.29, 1.82) is 0 Å². The van der Waals surface area contributed by atoms with E-state index in [1.54, 1.807) is 0 Å². The maximum atomic E-state index is 3.72. The van der Waals surface area contributed by atoms with Crippen molar-refractivity contribution in [3.63, 3.8) is 0 Å². The standard InChI is InChI=1S/C12H16.C10H14/c1-5-10-6-8-11(9-7-10)12(2,3)4;1-10(2,3)9-7-5-4-6-8-9/h5-9H,1H2,2-4H3;4-8H,1-3H3. The molecule has 0 saturated heterocycles. The van der Waals surface area contributed by atoms with E-state index in [0.29, 0.717) is 5.41 Å². The molecule has 0 radical (unpaired) electrons. The third-order valence-electron chi connectivity index (χ3n) is 3.65. The van der Waals surface area contributed by atoms with Gasteiger partial charge in [0.2, 0.25) is 0 Å². The molecule has 0 heterocycles. The number of hydrogen-bond donors (Lipinski definition) is 0. The Hall–Kier alpha value is -1.82. The average molecular weight is 294 g/mol. The Kier molecular flexibility index (Phi) is 6.17. The van der Waals surface area contributed by atoms with Crippen LogP contribution in [0.4, 0.5) is 0 Å². The van der Waals surface area contributed by atoms with Gasteiger partial charge in [-0.3, -0.25) is 0 Å². The smallest absolute Gasteiger partial charge is 0.0132 e. The lowest BCUT2D eigenvalue weighted by Gasteiger charge is -2.18. The van der Waals surface area contributed by atoms with Gasteiger partial charge in [-0.15, -0.1) is 0 Å². The van der Waals surface area contributed by atoms with Crippen LogP contribution in [0.1, 0.15) is 58.2 Å². The van der Waals surface area contributed by atoms with Crippen LogP contribution in [0.15, 0.2) is 61.2 Å². The van der Waals surface area contributed by atoms with Crippen molar-refractivity contribution in [3.8, 4) is 0 Å². The van der Waals surface area contributed by atoms with Gasteiger partial charge in [-0.2, -0.15) is 0 Å². The second kappa shape index (κ2) is 7.45. The highest BCUT2D eigenvalue weighted by Gasteiger charge is 2.12. The lowest BCUT2D eigenvalue weighted by molar-refractivity contribution is 0.590. The molecule has 0 fully saturated rings. The van der Waals surface area contributed by atoms with E-state index in [1.165, 1.54) is 16.7 Å². The van der Waals surface area contributed by atoms with Crippen LogP contribution in [0.3, 0.4) is 0 Å². The predicted molar refractivity (Wildman–Crippen MR) is 100 cm³/mol. The van der Waals surface area contributed by atoms with Gasteiger partial charge in [-0.05, 0) is 27.5 Å².